The van der Waals surface area contributed by atoms with Gasteiger partial charge >= 0.3 is 11.9 Å². The van der Waals surface area contributed by atoms with Crippen LogP contribution in [0.1, 0.15) is 106 Å². The van der Waals surface area contributed by atoms with Gasteiger partial charge in [-0.2, -0.15) is 0 Å². The fourth-order valence-corrected chi connectivity index (χ4v) is 6.75. The number of hydrogen-bond acceptors (Lipinski definition) is 14. The minimum absolute atomic E-state index is 0.0776. The molecule has 0 aliphatic carbocycles. The quantitative estimate of drug-likeness (QED) is 0.0304. The third kappa shape index (κ3) is 19.3. The molecule has 1 saturated heterocycles. The molecule has 16 N–H and O–H groups in total. The molecule has 25 heteroatoms. The SMILES string of the molecule is CCC(C)[C@H](NC(=O)[C@@H]1CCCN1C(=O)[C@@H](NC(=O)[C@H](C)N)C(C)C)C(=O)N[C@@H](C)C(=O)N[C@@H](CCC(N)=O)C(=O)N[C@@H](CCCCN)C(=O)N[C@@H](CO)C(=O)N[C@@H](CCC(=O)O)C(=O)O. The number of carboxylic acid groups (broad SMARTS) is 2. The minimum atomic E-state index is -1.74. The van der Waals surface area contributed by atoms with Crippen molar-refractivity contribution in [3.63, 3.8) is 0 Å². The zero-order valence-corrected chi connectivity index (χ0v) is 38.6. The summed E-state index contributed by atoms with van der Waals surface area (Å²) < 4.78 is 0. The average molecular weight is 942 g/mol. The zero-order chi connectivity index (χ0) is 50.4. The van der Waals surface area contributed by atoms with Crippen molar-refractivity contribution in [2.75, 3.05) is 19.7 Å². The highest BCUT2D eigenvalue weighted by Crippen LogP contribution is 2.22. The van der Waals surface area contributed by atoms with Crippen LogP contribution in [-0.2, 0) is 52.7 Å². The summed E-state index contributed by atoms with van der Waals surface area (Å²) in [5.74, 6) is -11.1. The maximum Gasteiger partial charge on any atom is 0.326 e. The van der Waals surface area contributed by atoms with Gasteiger partial charge in [-0.25, -0.2) is 4.79 Å². The van der Waals surface area contributed by atoms with E-state index in [-0.39, 0.29) is 44.7 Å². The standard InChI is InChI=1S/C41H71N11O14/c1-7-21(4)32(51-38(62)28-12-10-18-52(28)40(64)31(20(2)3)50-33(57)22(5)43)39(63)45-23(6)34(58)46-25(13-15-29(44)54)36(60)47-24(11-8-9-17-42)35(59)49-27(19-53)37(61)48-26(41(65)66)14-16-30(55)56/h20-28,31-32,53H,7-19,42-43H2,1-6H3,(H2,44,54)(H,45,63)(H,46,58)(H,47,60)(H,48,61)(H,49,59)(H,50,57)(H,51,62)(H,55,56)(H,65,66)/t21?,22-,23-,24-,25-,26-,27-,28-,31-,32-/m0/s1. The average Bonchev–Trinajstić information content (AvgIpc) is 3.75. The van der Waals surface area contributed by atoms with Crippen LogP contribution in [0.3, 0.4) is 0 Å². The molecule has 374 valence electrons. The summed E-state index contributed by atoms with van der Waals surface area (Å²) in [7, 11) is 0. The minimum Gasteiger partial charge on any atom is -0.481 e. The number of amides is 9. The van der Waals surface area contributed by atoms with Crippen LogP contribution in [-0.4, -0.2) is 159 Å². The molecule has 0 aromatic heterocycles. The van der Waals surface area contributed by atoms with Crippen LogP contribution in [0.25, 0.3) is 0 Å². The number of nitrogens with zero attached hydrogens (tertiary/aromatic N) is 1. The van der Waals surface area contributed by atoms with Crippen molar-refractivity contribution in [1.82, 2.24) is 42.1 Å². The first-order valence-corrected chi connectivity index (χ1v) is 22.1. The number of carbonyl (C=O) groups is 11. The molecule has 1 rings (SSSR count). The first kappa shape index (κ1) is 58.1. The molecule has 0 spiro atoms. The van der Waals surface area contributed by atoms with Gasteiger partial charge in [0, 0.05) is 19.4 Å². The van der Waals surface area contributed by atoms with E-state index in [1.807, 2.05) is 0 Å². The molecule has 1 aliphatic heterocycles. The molecule has 0 aromatic rings. The Kier molecular flexibility index (Phi) is 25.4. The van der Waals surface area contributed by atoms with Gasteiger partial charge in [0.1, 0.15) is 48.3 Å². The van der Waals surface area contributed by atoms with Gasteiger partial charge in [-0.05, 0) is 77.2 Å². The van der Waals surface area contributed by atoms with E-state index in [0.29, 0.717) is 19.3 Å². The number of primary amides is 1. The summed E-state index contributed by atoms with van der Waals surface area (Å²) in [5, 5.41) is 45.3. The van der Waals surface area contributed by atoms with Gasteiger partial charge in [0.15, 0.2) is 0 Å². The Bertz CT molecular complexity index is 1730. The fraction of sp³-hybridized carbons (Fsp3) is 0.732. The molecular weight excluding hydrogens is 871 g/mol. The third-order valence-electron chi connectivity index (χ3n) is 11.0. The number of aliphatic carboxylic acids is 2. The fourth-order valence-electron chi connectivity index (χ4n) is 6.75. The van der Waals surface area contributed by atoms with Crippen LogP contribution < -0.4 is 54.4 Å². The first-order chi connectivity index (χ1) is 30.9. The van der Waals surface area contributed by atoms with Crippen LogP contribution >= 0.6 is 0 Å². The van der Waals surface area contributed by atoms with Crippen LogP contribution in [0, 0.1) is 11.8 Å². The van der Waals surface area contributed by atoms with Crippen molar-refractivity contribution >= 4 is 65.1 Å². The molecule has 66 heavy (non-hydrogen) atoms. The number of carboxylic acids is 2. The van der Waals surface area contributed by atoms with E-state index < -0.39 is 151 Å². The summed E-state index contributed by atoms with van der Waals surface area (Å²) in [4.78, 5) is 143. The topological polar surface area (TPSA) is 414 Å². The summed E-state index contributed by atoms with van der Waals surface area (Å²) in [6.07, 6.45) is -0.170. The molecule has 10 atom stereocenters. The Labute approximate surface area is 383 Å². The smallest absolute Gasteiger partial charge is 0.326 e. The van der Waals surface area contributed by atoms with E-state index in [1.165, 1.54) is 18.7 Å². The predicted molar refractivity (Wildman–Crippen MR) is 235 cm³/mol. The monoisotopic (exact) mass is 942 g/mol. The Hall–Kier alpha value is -5.95. The zero-order valence-electron chi connectivity index (χ0n) is 38.6. The number of nitrogens with two attached hydrogens (primary N) is 3. The van der Waals surface area contributed by atoms with Gasteiger partial charge in [0.2, 0.25) is 53.2 Å². The molecule has 1 unspecified atom stereocenters. The molecule has 1 heterocycles. The molecule has 0 radical (unpaired) electrons. The largest absolute Gasteiger partial charge is 0.481 e. The number of nitrogens with one attached hydrogen (secondary N) is 7. The van der Waals surface area contributed by atoms with E-state index in [0.717, 1.165) is 0 Å². The molecule has 1 fully saturated rings. The predicted octanol–water partition coefficient (Wildman–Crippen LogP) is -4.22. The molecule has 0 bridgehead atoms. The molecule has 0 saturated carbocycles. The van der Waals surface area contributed by atoms with E-state index in [2.05, 4.69) is 37.2 Å². The second-order valence-corrected chi connectivity index (χ2v) is 16.8. The normalized spacial score (nSPS) is 17.5. The lowest BCUT2D eigenvalue weighted by atomic mass is 9.97. The lowest BCUT2D eigenvalue weighted by Crippen LogP contribution is -2.61. The van der Waals surface area contributed by atoms with Crippen molar-refractivity contribution in [2.45, 2.75) is 160 Å². The van der Waals surface area contributed by atoms with E-state index in [9.17, 15) is 63.0 Å². The molecule has 1 aliphatic rings. The van der Waals surface area contributed by atoms with E-state index in [4.69, 9.17) is 22.3 Å². The Morgan fingerprint density at radius 1 is 0.652 bits per heavy atom. The third-order valence-corrected chi connectivity index (χ3v) is 11.0. The van der Waals surface area contributed by atoms with Crippen molar-refractivity contribution < 1.29 is 68.1 Å². The summed E-state index contributed by atoms with van der Waals surface area (Å²) in [6.45, 7) is 9.11. The Morgan fingerprint density at radius 2 is 1.20 bits per heavy atom. The highest BCUT2D eigenvalue weighted by Gasteiger charge is 2.41. The Morgan fingerprint density at radius 3 is 1.71 bits per heavy atom. The Balaban J connectivity index is 3.23. The van der Waals surface area contributed by atoms with Crippen molar-refractivity contribution in [2.24, 2.45) is 29.0 Å². The summed E-state index contributed by atoms with van der Waals surface area (Å²) in [5.41, 5.74) is 16.6. The molecule has 25 nitrogen and oxygen atoms in total. The van der Waals surface area contributed by atoms with Crippen molar-refractivity contribution in [3.05, 3.63) is 0 Å². The van der Waals surface area contributed by atoms with Crippen LogP contribution in [0.4, 0.5) is 0 Å². The van der Waals surface area contributed by atoms with Crippen molar-refractivity contribution in [1.29, 1.82) is 0 Å². The number of rotatable bonds is 30. The summed E-state index contributed by atoms with van der Waals surface area (Å²) in [6, 6.07) is -11.7. The van der Waals surface area contributed by atoms with Crippen LogP contribution in [0.2, 0.25) is 0 Å². The number of carbonyl (C=O) groups excluding carboxylic acids is 9. The van der Waals surface area contributed by atoms with Gasteiger partial charge in [-0.1, -0.05) is 34.1 Å². The molecule has 9 amide bonds. The number of hydrogen-bond donors (Lipinski definition) is 13. The van der Waals surface area contributed by atoms with Gasteiger partial charge < -0.3 is 74.6 Å². The van der Waals surface area contributed by atoms with E-state index >= 15 is 0 Å². The lowest BCUT2D eigenvalue weighted by molar-refractivity contribution is -0.144. The van der Waals surface area contributed by atoms with Gasteiger partial charge in [-0.15, -0.1) is 0 Å². The highest BCUT2D eigenvalue weighted by atomic mass is 16.4. The summed E-state index contributed by atoms with van der Waals surface area (Å²) >= 11 is 0. The molecular formula is C41H71N11O14. The number of aliphatic hydroxyl groups excluding tert-OH is 1. The highest BCUT2D eigenvalue weighted by molar-refractivity contribution is 5.98. The maximum absolute atomic E-state index is 13.8. The second kappa shape index (κ2) is 28.8. The number of unbranched alkanes of at least 4 members (excludes halogenated alkanes) is 1. The van der Waals surface area contributed by atoms with E-state index in [1.54, 1.807) is 27.7 Å². The number of likely N-dealkylation sites (tertiary alicyclic amines) is 1. The van der Waals surface area contributed by atoms with Gasteiger partial charge in [0.05, 0.1) is 12.6 Å². The van der Waals surface area contributed by atoms with Gasteiger partial charge in [-0.3, -0.25) is 47.9 Å². The second-order valence-electron chi connectivity index (χ2n) is 16.8. The molecule has 0 aromatic carbocycles. The van der Waals surface area contributed by atoms with Crippen LogP contribution in [0.15, 0.2) is 0 Å². The van der Waals surface area contributed by atoms with Crippen LogP contribution in [0.5, 0.6) is 0 Å². The lowest BCUT2D eigenvalue weighted by Gasteiger charge is -2.32. The van der Waals surface area contributed by atoms with Crippen molar-refractivity contribution in [3.8, 4) is 0 Å². The number of aliphatic hydroxyl groups is 1. The maximum atomic E-state index is 13.8. The van der Waals surface area contributed by atoms with Gasteiger partial charge in [0.25, 0.3) is 0 Å². The first-order valence-electron chi connectivity index (χ1n) is 22.1.